The zero-order valence-corrected chi connectivity index (χ0v) is 10.5. The van der Waals surface area contributed by atoms with E-state index in [2.05, 4.69) is 17.0 Å². The Morgan fingerprint density at radius 1 is 1.53 bits per heavy atom. The van der Waals surface area contributed by atoms with Crippen molar-refractivity contribution in [1.82, 2.24) is 5.32 Å². The molecule has 0 aliphatic heterocycles. The largest absolute Gasteiger partial charge is 0.480 e. The summed E-state index contributed by atoms with van der Waals surface area (Å²) in [4.78, 5) is 25.2. The number of hydrogen-bond donors (Lipinski definition) is 3. The van der Waals surface area contributed by atoms with Gasteiger partial charge in [-0.05, 0) is 18.9 Å². The number of thioether (sulfide) groups is 1. The molecule has 0 saturated heterocycles. The van der Waals surface area contributed by atoms with Crippen molar-refractivity contribution in [3.63, 3.8) is 0 Å². The van der Waals surface area contributed by atoms with Gasteiger partial charge in [-0.3, -0.25) is 14.6 Å². The van der Waals surface area contributed by atoms with Crippen LogP contribution >= 0.6 is 11.8 Å². The van der Waals surface area contributed by atoms with E-state index in [0.29, 0.717) is 31.7 Å². The molecular weight excluding hydrogens is 242 g/mol. The van der Waals surface area contributed by atoms with Gasteiger partial charge >= 0.3 is 5.97 Å². The van der Waals surface area contributed by atoms with Crippen molar-refractivity contribution in [3.8, 4) is 0 Å². The van der Waals surface area contributed by atoms with Gasteiger partial charge in [-0.1, -0.05) is 0 Å². The molecule has 0 aliphatic carbocycles. The van der Waals surface area contributed by atoms with E-state index in [1.165, 1.54) is 11.8 Å². The zero-order valence-electron chi connectivity index (χ0n) is 9.72. The fourth-order valence-corrected chi connectivity index (χ4v) is 1.89. The highest BCUT2D eigenvalue weighted by Crippen LogP contribution is 2.05. The lowest BCUT2D eigenvalue weighted by Crippen LogP contribution is -2.32. The van der Waals surface area contributed by atoms with E-state index in [1.54, 1.807) is 0 Å². The number of amides is 1. The van der Waals surface area contributed by atoms with Crippen LogP contribution in [0.5, 0.6) is 0 Å². The van der Waals surface area contributed by atoms with Crippen molar-refractivity contribution in [3.05, 3.63) is 0 Å². The summed E-state index contributed by atoms with van der Waals surface area (Å²) >= 11 is 1.45. The smallest absolute Gasteiger partial charge is 0.321 e. The Kier molecular flexibility index (Phi) is 9.46. The summed E-state index contributed by atoms with van der Waals surface area (Å²) in [5.74, 6) is 0.0924. The molecule has 0 rings (SSSR count). The maximum absolute atomic E-state index is 11.2. The highest BCUT2D eigenvalue weighted by Gasteiger charge is 2.10. The van der Waals surface area contributed by atoms with Gasteiger partial charge in [-0.15, -0.1) is 0 Å². The SMILES string of the molecule is C=NCCNC(=O)CCCSC[C@H](N)C(=O)O. The summed E-state index contributed by atoms with van der Waals surface area (Å²) in [6.07, 6.45) is 1.15. The van der Waals surface area contributed by atoms with Crippen molar-refractivity contribution in [1.29, 1.82) is 0 Å². The molecule has 1 amide bonds. The van der Waals surface area contributed by atoms with Gasteiger partial charge < -0.3 is 16.2 Å². The molecule has 0 bridgehead atoms. The molecule has 6 nitrogen and oxygen atoms in total. The molecule has 0 aromatic rings. The Bertz CT molecular complexity index is 261. The number of rotatable bonds is 10. The van der Waals surface area contributed by atoms with Crippen LogP contribution in [0.15, 0.2) is 4.99 Å². The van der Waals surface area contributed by atoms with Gasteiger partial charge in [0, 0.05) is 18.7 Å². The van der Waals surface area contributed by atoms with Crippen LogP contribution in [-0.2, 0) is 9.59 Å². The van der Waals surface area contributed by atoms with Crippen LogP contribution in [0.25, 0.3) is 0 Å². The molecule has 98 valence electrons. The van der Waals surface area contributed by atoms with Crippen molar-refractivity contribution < 1.29 is 14.7 Å². The minimum Gasteiger partial charge on any atom is -0.480 e. The first-order valence-corrected chi connectivity index (χ1v) is 6.48. The van der Waals surface area contributed by atoms with Crippen LogP contribution in [0.4, 0.5) is 0 Å². The van der Waals surface area contributed by atoms with Crippen molar-refractivity contribution in [2.45, 2.75) is 18.9 Å². The second-order valence-electron chi connectivity index (χ2n) is 3.42. The number of aliphatic carboxylic acids is 1. The zero-order chi connectivity index (χ0) is 13.1. The lowest BCUT2D eigenvalue weighted by Gasteiger charge is -2.06. The maximum Gasteiger partial charge on any atom is 0.321 e. The summed E-state index contributed by atoms with van der Waals surface area (Å²) in [6.45, 7) is 4.35. The van der Waals surface area contributed by atoms with E-state index in [9.17, 15) is 9.59 Å². The number of nitrogens with two attached hydrogens (primary N) is 1. The third-order valence-electron chi connectivity index (χ3n) is 1.90. The van der Waals surface area contributed by atoms with E-state index >= 15 is 0 Å². The molecule has 1 atom stereocenters. The number of carboxylic acid groups (broad SMARTS) is 1. The number of hydrogen-bond acceptors (Lipinski definition) is 5. The number of nitrogens with one attached hydrogen (secondary N) is 1. The van der Waals surface area contributed by atoms with Crippen LogP contribution in [0.2, 0.25) is 0 Å². The summed E-state index contributed by atoms with van der Waals surface area (Å²) in [7, 11) is 0. The minimum absolute atomic E-state index is 0.0169. The number of aliphatic imine (C=N–C) groups is 1. The average molecular weight is 261 g/mol. The third-order valence-corrected chi connectivity index (χ3v) is 3.07. The maximum atomic E-state index is 11.2. The molecule has 0 aromatic heterocycles. The van der Waals surface area contributed by atoms with Crippen LogP contribution in [0.1, 0.15) is 12.8 Å². The minimum atomic E-state index is -0.993. The number of carbonyl (C=O) groups is 2. The number of nitrogens with zero attached hydrogens (tertiary/aromatic N) is 1. The van der Waals surface area contributed by atoms with Crippen molar-refractivity contribution in [2.24, 2.45) is 10.7 Å². The summed E-state index contributed by atoms with van der Waals surface area (Å²) in [6, 6.07) is -0.826. The van der Waals surface area contributed by atoms with Gasteiger partial charge in [0.2, 0.25) is 5.91 Å². The van der Waals surface area contributed by atoms with Gasteiger partial charge in [0.05, 0.1) is 6.54 Å². The van der Waals surface area contributed by atoms with Crippen LogP contribution in [0.3, 0.4) is 0 Å². The second-order valence-corrected chi connectivity index (χ2v) is 4.57. The molecule has 0 aliphatic rings. The quantitative estimate of drug-likeness (QED) is 0.371. The van der Waals surface area contributed by atoms with Gasteiger partial charge in [-0.2, -0.15) is 11.8 Å². The Labute approximate surface area is 105 Å². The van der Waals surface area contributed by atoms with Gasteiger partial charge in [0.25, 0.3) is 0 Å². The van der Waals surface area contributed by atoms with E-state index < -0.39 is 12.0 Å². The molecule has 0 heterocycles. The normalized spacial score (nSPS) is 11.8. The third kappa shape index (κ3) is 9.83. The average Bonchev–Trinajstić information content (AvgIpc) is 2.28. The van der Waals surface area contributed by atoms with Crippen molar-refractivity contribution >= 4 is 30.4 Å². The van der Waals surface area contributed by atoms with Gasteiger partial charge in [-0.25, -0.2) is 0 Å². The molecule has 0 spiro atoms. The summed E-state index contributed by atoms with van der Waals surface area (Å²) in [5.41, 5.74) is 5.32. The lowest BCUT2D eigenvalue weighted by molar-refractivity contribution is -0.137. The molecular formula is C10H19N3O3S. The van der Waals surface area contributed by atoms with E-state index in [-0.39, 0.29) is 5.91 Å². The van der Waals surface area contributed by atoms with E-state index in [1.807, 2.05) is 0 Å². The predicted octanol–water partition coefficient (Wildman–Crippen LogP) is -0.271. The van der Waals surface area contributed by atoms with Gasteiger partial charge in [0.15, 0.2) is 0 Å². The molecule has 4 N–H and O–H groups in total. The van der Waals surface area contributed by atoms with Crippen LogP contribution in [0, 0.1) is 0 Å². The first-order chi connectivity index (χ1) is 8.07. The number of carbonyl (C=O) groups excluding carboxylic acids is 1. The Morgan fingerprint density at radius 3 is 2.82 bits per heavy atom. The molecule has 7 heteroatoms. The molecule has 0 radical (unpaired) electrons. The Balaban J connectivity index is 3.36. The van der Waals surface area contributed by atoms with Crippen molar-refractivity contribution in [2.75, 3.05) is 24.6 Å². The Hall–Kier alpha value is -1.08. The monoisotopic (exact) mass is 261 g/mol. The Morgan fingerprint density at radius 2 is 2.24 bits per heavy atom. The molecule has 0 fully saturated rings. The van der Waals surface area contributed by atoms with Gasteiger partial charge in [0.1, 0.15) is 6.04 Å². The molecule has 0 unspecified atom stereocenters. The molecule has 0 aromatic carbocycles. The first kappa shape index (κ1) is 15.9. The molecule has 17 heavy (non-hydrogen) atoms. The highest BCUT2D eigenvalue weighted by atomic mass is 32.2. The van der Waals surface area contributed by atoms with E-state index in [4.69, 9.17) is 10.8 Å². The molecule has 0 saturated carbocycles. The predicted molar refractivity (Wildman–Crippen MR) is 69.6 cm³/mol. The highest BCUT2D eigenvalue weighted by molar-refractivity contribution is 7.99. The fraction of sp³-hybridized carbons (Fsp3) is 0.700. The van der Waals surface area contributed by atoms with E-state index in [0.717, 1.165) is 5.75 Å². The topological polar surface area (TPSA) is 105 Å². The number of carboxylic acids is 1. The fourth-order valence-electron chi connectivity index (χ4n) is 0.979. The van der Waals surface area contributed by atoms with Crippen LogP contribution < -0.4 is 11.1 Å². The second kappa shape index (κ2) is 10.1. The standard InChI is InChI=1S/C10H19N3O3S/c1-12-4-5-13-9(14)3-2-6-17-7-8(11)10(15)16/h8H,1-7,11H2,(H,13,14)(H,15,16)/t8-/m0/s1. The summed E-state index contributed by atoms with van der Waals surface area (Å²) < 4.78 is 0. The van der Waals surface area contributed by atoms with Crippen LogP contribution in [-0.4, -0.2) is 54.3 Å². The summed E-state index contributed by atoms with van der Waals surface area (Å²) in [5, 5.41) is 11.2. The first-order valence-electron chi connectivity index (χ1n) is 5.33. The lowest BCUT2D eigenvalue weighted by atomic mass is 10.3.